The van der Waals surface area contributed by atoms with Crippen molar-refractivity contribution in [3.8, 4) is 0 Å². The zero-order valence-corrected chi connectivity index (χ0v) is 13.4. The lowest BCUT2D eigenvalue weighted by molar-refractivity contribution is 0.103. The molecule has 4 aromatic rings. The number of rotatable bonds is 2. The minimum atomic E-state index is -0.0630. The van der Waals surface area contributed by atoms with Gasteiger partial charge < -0.3 is 5.32 Å². The summed E-state index contributed by atoms with van der Waals surface area (Å²) in [6.07, 6.45) is 1.77. The Kier molecular flexibility index (Phi) is 3.32. The van der Waals surface area contributed by atoms with Gasteiger partial charge >= 0.3 is 0 Å². The number of hydrogen-bond donors (Lipinski definition) is 1. The average Bonchev–Trinajstić information content (AvgIpc) is 2.92. The van der Waals surface area contributed by atoms with Crippen LogP contribution in [0.4, 0.5) is 5.69 Å². The molecule has 112 valence electrons. The van der Waals surface area contributed by atoms with Gasteiger partial charge in [0.05, 0.1) is 10.4 Å². The molecule has 4 heteroatoms. The van der Waals surface area contributed by atoms with Gasteiger partial charge in [0, 0.05) is 22.0 Å². The predicted molar refractivity (Wildman–Crippen MR) is 96.3 cm³/mol. The molecule has 0 aliphatic heterocycles. The van der Waals surface area contributed by atoms with Crippen molar-refractivity contribution >= 4 is 43.9 Å². The number of pyridine rings is 1. The fourth-order valence-electron chi connectivity index (χ4n) is 2.73. The topological polar surface area (TPSA) is 42.0 Å². The molecule has 0 bridgehead atoms. The van der Waals surface area contributed by atoms with Gasteiger partial charge in [0.25, 0.3) is 5.91 Å². The van der Waals surface area contributed by atoms with Gasteiger partial charge in [0.15, 0.2) is 0 Å². The lowest BCUT2D eigenvalue weighted by Gasteiger charge is -2.06. The van der Waals surface area contributed by atoms with E-state index in [1.54, 1.807) is 6.20 Å². The third-order valence-corrected chi connectivity index (χ3v) is 5.18. The summed E-state index contributed by atoms with van der Waals surface area (Å²) in [5, 5.41) is 5.15. The summed E-state index contributed by atoms with van der Waals surface area (Å²) in [5.74, 6) is -0.0630. The maximum atomic E-state index is 12.6. The molecule has 0 atom stereocenters. The van der Waals surface area contributed by atoms with E-state index in [4.69, 9.17) is 0 Å². The molecule has 23 heavy (non-hydrogen) atoms. The third-order valence-electron chi connectivity index (χ3n) is 3.91. The second kappa shape index (κ2) is 5.48. The molecule has 4 rings (SSSR count). The fourth-order valence-corrected chi connectivity index (χ4v) is 3.84. The summed E-state index contributed by atoms with van der Waals surface area (Å²) in [6, 6.07) is 17.7. The van der Waals surface area contributed by atoms with E-state index in [0.29, 0.717) is 0 Å². The first-order chi connectivity index (χ1) is 11.2. The van der Waals surface area contributed by atoms with E-state index in [2.05, 4.69) is 16.4 Å². The van der Waals surface area contributed by atoms with Gasteiger partial charge in [-0.2, -0.15) is 0 Å². The molecular formula is C19H14N2OS. The van der Waals surface area contributed by atoms with Crippen LogP contribution >= 0.6 is 11.3 Å². The molecular weight excluding hydrogens is 304 g/mol. The van der Waals surface area contributed by atoms with Crippen LogP contribution in [0.3, 0.4) is 0 Å². The number of amides is 1. The van der Waals surface area contributed by atoms with Crippen LogP contribution in [0.25, 0.3) is 21.0 Å². The third kappa shape index (κ3) is 2.47. The molecule has 0 saturated carbocycles. The number of carbonyl (C=O) groups excluding carboxylic acids is 1. The minimum absolute atomic E-state index is 0.0630. The van der Waals surface area contributed by atoms with E-state index < -0.39 is 0 Å². The second-order valence-corrected chi connectivity index (χ2v) is 6.47. The Morgan fingerprint density at radius 3 is 2.83 bits per heavy atom. The van der Waals surface area contributed by atoms with Crippen molar-refractivity contribution in [1.82, 2.24) is 4.98 Å². The molecule has 0 aliphatic carbocycles. The summed E-state index contributed by atoms with van der Waals surface area (Å²) in [6.45, 7) is 2.00. The predicted octanol–water partition coefficient (Wildman–Crippen LogP) is 5.01. The Balaban J connectivity index is 1.69. The van der Waals surface area contributed by atoms with E-state index >= 15 is 0 Å². The molecule has 0 saturated heterocycles. The van der Waals surface area contributed by atoms with Crippen molar-refractivity contribution in [3.05, 3.63) is 71.2 Å². The summed E-state index contributed by atoms with van der Waals surface area (Å²) in [5.41, 5.74) is 2.74. The highest BCUT2D eigenvalue weighted by Gasteiger charge is 2.15. The zero-order valence-electron chi connectivity index (χ0n) is 12.5. The first kappa shape index (κ1) is 13.9. The van der Waals surface area contributed by atoms with E-state index in [1.807, 2.05) is 55.5 Å². The number of thiophene rings is 1. The van der Waals surface area contributed by atoms with Gasteiger partial charge in [-0.1, -0.05) is 24.3 Å². The first-order valence-corrected chi connectivity index (χ1v) is 8.18. The molecule has 2 aromatic heterocycles. The molecule has 0 spiro atoms. The number of aromatic nitrogens is 1. The van der Waals surface area contributed by atoms with E-state index in [0.717, 1.165) is 37.1 Å². The molecule has 1 N–H and O–H groups in total. The molecule has 0 unspecified atom stereocenters. The summed E-state index contributed by atoms with van der Waals surface area (Å²) >= 11 is 1.53. The van der Waals surface area contributed by atoms with Gasteiger partial charge in [0.1, 0.15) is 0 Å². The van der Waals surface area contributed by atoms with Gasteiger partial charge in [0.2, 0.25) is 0 Å². The minimum Gasteiger partial charge on any atom is -0.321 e. The average molecular weight is 318 g/mol. The lowest BCUT2D eigenvalue weighted by atomic mass is 10.1. The molecule has 0 radical (unpaired) electrons. The van der Waals surface area contributed by atoms with Crippen LogP contribution in [0, 0.1) is 6.92 Å². The largest absolute Gasteiger partial charge is 0.321 e. The first-order valence-electron chi connectivity index (χ1n) is 7.36. The van der Waals surface area contributed by atoms with Crippen molar-refractivity contribution in [2.24, 2.45) is 0 Å². The highest BCUT2D eigenvalue weighted by Crippen LogP contribution is 2.31. The van der Waals surface area contributed by atoms with Gasteiger partial charge in [-0.25, -0.2) is 0 Å². The maximum absolute atomic E-state index is 12.6. The number of fused-ring (bicyclic) bond motifs is 2. The zero-order chi connectivity index (χ0) is 15.8. The Bertz CT molecular complexity index is 1040. The molecule has 2 aromatic carbocycles. The molecule has 3 nitrogen and oxygen atoms in total. The Labute approximate surface area is 137 Å². The van der Waals surface area contributed by atoms with Crippen molar-refractivity contribution in [3.63, 3.8) is 0 Å². The van der Waals surface area contributed by atoms with Crippen molar-refractivity contribution in [2.45, 2.75) is 6.92 Å². The molecule has 1 amide bonds. The van der Waals surface area contributed by atoms with Crippen LogP contribution in [-0.4, -0.2) is 10.9 Å². The van der Waals surface area contributed by atoms with Crippen molar-refractivity contribution in [2.75, 3.05) is 5.32 Å². The van der Waals surface area contributed by atoms with E-state index in [9.17, 15) is 4.79 Å². The number of benzene rings is 2. The number of hydrogen-bond acceptors (Lipinski definition) is 3. The van der Waals surface area contributed by atoms with Gasteiger partial charge in [-0.3, -0.25) is 9.78 Å². The van der Waals surface area contributed by atoms with Crippen LogP contribution in [0.1, 0.15) is 15.2 Å². The van der Waals surface area contributed by atoms with E-state index in [-0.39, 0.29) is 5.91 Å². The van der Waals surface area contributed by atoms with Crippen LogP contribution in [-0.2, 0) is 0 Å². The molecule has 0 fully saturated rings. The number of carbonyl (C=O) groups is 1. The normalized spacial score (nSPS) is 11.0. The number of anilines is 1. The highest BCUT2D eigenvalue weighted by atomic mass is 32.1. The van der Waals surface area contributed by atoms with E-state index in [1.165, 1.54) is 11.3 Å². The SMILES string of the molecule is Cc1c(C(=O)Nc2ccc3ncccc3c2)sc2ccccc12. The maximum Gasteiger partial charge on any atom is 0.266 e. The summed E-state index contributed by atoms with van der Waals surface area (Å²) in [7, 11) is 0. The van der Waals surface area contributed by atoms with Gasteiger partial charge in [-0.05, 0) is 48.2 Å². The Hall–Kier alpha value is -2.72. The lowest BCUT2D eigenvalue weighted by Crippen LogP contribution is -2.11. The van der Waals surface area contributed by atoms with Gasteiger partial charge in [-0.15, -0.1) is 11.3 Å². The quantitative estimate of drug-likeness (QED) is 0.564. The Morgan fingerprint density at radius 1 is 1.09 bits per heavy atom. The Morgan fingerprint density at radius 2 is 1.96 bits per heavy atom. The molecule has 2 heterocycles. The second-order valence-electron chi connectivity index (χ2n) is 5.42. The monoisotopic (exact) mass is 318 g/mol. The fraction of sp³-hybridized carbons (Fsp3) is 0.0526. The van der Waals surface area contributed by atoms with Crippen molar-refractivity contribution < 1.29 is 4.79 Å². The number of nitrogens with one attached hydrogen (secondary N) is 1. The molecule has 0 aliphatic rings. The van der Waals surface area contributed by atoms with Crippen LogP contribution in [0.2, 0.25) is 0 Å². The number of nitrogens with zero attached hydrogens (tertiary/aromatic N) is 1. The van der Waals surface area contributed by atoms with Crippen LogP contribution < -0.4 is 5.32 Å². The summed E-state index contributed by atoms with van der Waals surface area (Å²) in [4.78, 5) is 17.7. The van der Waals surface area contributed by atoms with Crippen LogP contribution in [0.5, 0.6) is 0 Å². The smallest absolute Gasteiger partial charge is 0.266 e. The summed E-state index contributed by atoms with van der Waals surface area (Å²) < 4.78 is 1.14. The van der Waals surface area contributed by atoms with Crippen LogP contribution in [0.15, 0.2) is 60.8 Å². The number of aryl methyl sites for hydroxylation is 1. The van der Waals surface area contributed by atoms with Crippen molar-refractivity contribution in [1.29, 1.82) is 0 Å². The highest BCUT2D eigenvalue weighted by molar-refractivity contribution is 7.21. The standard InChI is InChI=1S/C19H14N2OS/c1-12-15-6-2-3-7-17(15)23-18(12)19(22)21-14-8-9-16-13(11-14)5-4-10-20-16/h2-11H,1H3,(H,21,22).